The van der Waals surface area contributed by atoms with Crippen LogP contribution in [-0.4, -0.2) is 12.1 Å². The Kier molecular flexibility index (Phi) is 5.00. The summed E-state index contributed by atoms with van der Waals surface area (Å²) in [7, 11) is 0. The van der Waals surface area contributed by atoms with E-state index in [1.807, 2.05) is 6.92 Å². The molecule has 0 fully saturated rings. The Bertz CT molecular complexity index is 207. The summed E-state index contributed by atoms with van der Waals surface area (Å²) in [4.78, 5) is 14.6. The third-order valence-corrected chi connectivity index (χ3v) is 1.64. The third kappa shape index (κ3) is 3.91. The van der Waals surface area contributed by atoms with Crippen LogP contribution in [0.1, 0.15) is 27.2 Å². The first-order valence-electron chi connectivity index (χ1n) is 4.12. The van der Waals surface area contributed by atoms with Crippen molar-refractivity contribution in [2.45, 2.75) is 27.2 Å². The van der Waals surface area contributed by atoms with Gasteiger partial charge in [-0.2, -0.15) is 0 Å². The summed E-state index contributed by atoms with van der Waals surface area (Å²) < 4.78 is 0. The lowest BCUT2D eigenvalue weighted by Crippen LogP contribution is -2.12. The van der Waals surface area contributed by atoms with Crippen LogP contribution in [0.2, 0.25) is 0 Å². The quantitative estimate of drug-likeness (QED) is 0.502. The molecule has 0 rings (SSSR count). The van der Waals surface area contributed by atoms with E-state index in [9.17, 15) is 4.79 Å². The third-order valence-electron chi connectivity index (χ3n) is 1.64. The van der Waals surface area contributed by atoms with E-state index >= 15 is 0 Å². The minimum atomic E-state index is -0.475. The van der Waals surface area contributed by atoms with E-state index in [-0.39, 0.29) is 0 Å². The van der Waals surface area contributed by atoms with Gasteiger partial charge in [-0.1, -0.05) is 19.9 Å². The van der Waals surface area contributed by atoms with Gasteiger partial charge in [-0.25, -0.2) is 0 Å². The molecular weight excluding hydrogens is 152 g/mol. The molecular formula is C9H16N2O. The van der Waals surface area contributed by atoms with Crippen molar-refractivity contribution >= 4 is 12.1 Å². The standard InChI is InChI=1S/C9H16N2O/c1-4-7(3)6-11-8(5-2)9(10)12/h5-7H,4H2,1-3H3,(H2,10,12)/b8-5-,11-6-. The first-order chi connectivity index (χ1) is 5.61. The van der Waals surface area contributed by atoms with Crippen molar-refractivity contribution in [3.8, 4) is 0 Å². The van der Waals surface area contributed by atoms with Crippen LogP contribution < -0.4 is 5.73 Å². The summed E-state index contributed by atoms with van der Waals surface area (Å²) in [6.07, 6.45) is 4.38. The fraction of sp³-hybridized carbons (Fsp3) is 0.556. The van der Waals surface area contributed by atoms with Gasteiger partial charge in [0, 0.05) is 6.21 Å². The fourth-order valence-electron chi connectivity index (χ4n) is 0.593. The topological polar surface area (TPSA) is 55.4 Å². The van der Waals surface area contributed by atoms with Crippen LogP contribution in [0, 0.1) is 5.92 Å². The highest BCUT2D eigenvalue weighted by atomic mass is 16.1. The molecule has 3 heteroatoms. The molecule has 0 aromatic heterocycles. The Morgan fingerprint density at radius 2 is 2.25 bits per heavy atom. The number of primary amides is 1. The lowest BCUT2D eigenvalue weighted by Gasteiger charge is -1.99. The predicted octanol–water partition coefficient (Wildman–Crippen LogP) is 1.49. The zero-order valence-corrected chi connectivity index (χ0v) is 7.87. The Morgan fingerprint density at radius 1 is 1.67 bits per heavy atom. The molecule has 68 valence electrons. The number of nitrogens with two attached hydrogens (primary N) is 1. The Balaban J connectivity index is 4.22. The maximum atomic E-state index is 10.7. The molecule has 0 heterocycles. The maximum absolute atomic E-state index is 10.7. The summed E-state index contributed by atoms with van der Waals surface area (Å²) in [5.74, 6) is -0.0867. The van der Waals surface area contributed by atoms with Gasteiger partial charge in [0.15, 0.2) is 0 Å². The number of hydrogen-bond acceptors (Lipinski definition) is 2. The lowest BCUT2D eigenvalue weighted by molar-refractivity contribution is -0.114. The molecule has 1 unspecified atom stereocenters. The average molecular weight is 168 g/mol. The SMILES string of the molecule is C/C=C(\N=C/C(C)CC)C(N)=O. The second kappa shape index (κ2) is 5.52. The second-order valence-electron chi connectivity index (χ2n) is 2.70. The number of allylic oxidation sites excluding steroid dienone is 1. The molecule has 0 radical (unpaired) electrons. The van der Waals surface area contributed by atoms with E-state index in [0.29, 0.717) is 11.6 Å². The van der Waals surface area contributed by atoms with Gasteiger partial charge in [0.25, 0.3) is 5.91 Å². The highest BCUT2D eigenvalue weighted by Crippen LogP contribution is 1.99. The molecule has 0 aromatic carbocycles. The number of hydrogen-bond donors (Lipinski definition) is 1. The minimum Gasteiger partial charge on any atom is -0.364 e. The van der Waals surface area contributed by atoms with Gasteiger partial charge in [0.05, 0.1) is 0 Å². The van der Waals surface area contributed by atoms with Gasteiger partial charge in [-0.3, -0.25) is 9.79 Å². The van der Waals surface area contributed by atoms with E-state index < -0.39 is 5.91 Å². The van der Waals surface area contributed by atoms with Crippen molar-refractivity contribution in [1.82, 2.24) is 0 Å². The Morgan fingerprint density at radius 3 is 2.58 bits per heavy atom. The van der Waals surface area contributed by atoms with Gasteiger partial charge in [-0.15, -0.1) is 0 Å². The zero-order valence-electron chi connectivity index (χ0n) is 7.87. The van der Waals surface area contributed by atoms with Crippen LogP contribution in [0.15, 0.2) is 16.8 Å². The van der Waals surface area contributed by atoms with E-state index in [1.54, 1.807) is 19.2 Å². The van der Waals surface area contributed by atoms with Crippen LogP contribution in [0.3, 0.4) is 0 Å². The average Bonchev–Trinajstić information content (AvgIpc) is 2.04. The van der Waals surface area contributed by atoms with Crippen molar-refractivity contribution in [2.75, 3.05) is 0 Å². The normalized spacial score (nSPS) is 15.1. The van der Waals surface area contributed by atoms with Crippen LogP contribution in [0.25, 0.3) is 0 Å². The van der Waals surface area contributed by atoms with Crippen LogP contribution in [0.4, 0.5) is 0 Å². The molecule has 0 saturated carbocycles. The van der Waals surface area contributed by atoms with Crippen molar-refractivity contribution in [3.05, 3.63) is 11.8 Å². The number of amides is 1. The van der Waals surface area contributed by atoms with Crippen LogP contribution in [0.5, 0.6) is 0 Å². The van der Waals surface area contributed by atoms with E-state index in [1.165, 1.54) is 0 Å². The number of carbonyl (C=O) groups is 1. The lowest BCUT2D eigenvalue weighted by atomic mass is 10.1. The number of rotatable bonds is 4. The van der Waals surface area contributed by atoms with Gasteiger partial charge < -0.3 is 5.73 Å². The number of carbonyl (C=O) groups excluding carboxylic acids is 1. The van der Waals surface area contributed by atoms with Crippen LogP contribution >= 0.6 is 0 Å². The molecule has 0 bridgehead atoms. The smallest absolute Gasteiger partial charge is 0.266 e. The fourth-order valence-corrected chi connectivity index (χ4v) is 0.593. The molecule has 1 amide bonds. The minimum absolute atomic E-state index is 0.329. The molecule has 0 aliphatic heterocycles. The summed E-state index contributed by atoms with van der Waals surface area (Å²) in [6, 6.07) is 0. The maximum Gasteiger partial charge on any atom is 0.266 e. The molecule has 0 saturated heterocycles. The van der Waals surface area contributed by atoms with Crippen molar-refractivity contribution < 1.29 is 4.79 Å². The van der Waals surface area contributed by atoms with Gasteiger partial charge in [-0.05, 0) is 19.3 Å². The Labute approximate surface area is 73.4 Å². The van der Waals surface area contributed by atoms with Crippen molar-refractivity contribution in [3.63, 3.8) is 0 Å². The summed E-state index contributed by atoms with van der Waals surface area (Å²) in [5.41, 5.74) is 5.38. The van der Waals surface area contributed by atoms with Crippen LogP contribution in [-0.2, 0) is 4.79 Å². The highest BCUT2D eigenvalue weighted by Gasteiger charge is 1.99. The van der Waals surface area contributed by atoms with Gasteiger partial charge in [0.1, 0.15) is 5.70 Å². The van der Waals surface area contributed by atoms with Gasteiger partial charge in [0.2, 0.25) is 0 Å². The molecule has 0 spiro atoms. The predicted molar refractivity (Wildman–Crippen MR) is 50.9 cm³/mol. The number of nitrogens with zero attached hydrogens (tertiary/aromatic N) is 1. The number of aliphatic imine (C=N–C) groups is 1. The summed E-state index contributed by atoms with van der Waals surface area (Å²) in [5, 5.41) is 0. The van der Waals surface area contributed by atoms with Crippen molar-refractivity contribution in [1.29, 1.82) is 0 Å². The Hall–Kier alpha value is -1.12. The van der Waals surface area contributed by atoms with E-state index in [4.69, 9.17) is 5.73 Å². The molecule has 0 aliphatic rings. The first-order valence-corrected chi connectivity index (χ1v) is 4.12. The van der Waals surface area contributed by atoms with E-state index in [2.05, 4.69) is 11.9 Å². The molecule has 3 nitrogen and oxygen atoms in total. The van der Waals surface area contributed by atoms with E-state index in [0.717, 1.165) is 6.42 Å². The van der Waals surface area contributed by atoms with Crippen molar-refractivity contribution in [2.24, 2.45) is 16.6 Å². The molecule has 0 aliphatic carbocycles. The molecule has 1 atom stereocenters. The molecule has 0 aromatic rings. The largest absolute Gasteiger partial charge is 0.364 e. The zero-order chi connectivity index (χ0) is 9.56. The first kappa shape index (κ1) is 10.9. The van der Waals surface area contributed by atoms with Gasteiger partial charge >= 0.3 is 0 Å². The second-order valence-corrected chi connectivity index (χ2v) is 2.70. The summed E-state index contributed by atoms with van der Waals surface area (Å²) in [6.45, 7) is 5.85. The summed E-state index contributed by atoms with van der Waals surface area (Å²) >= 11 is 0. The monoisotopic (exact) mass is 168 g/mol. The molecule has 2 N–H and O–H groups in total. The molecule has 12 heavy (non-hydrogen) atoms. The highest BCUT2D eigenvalue weighted by molar-refractivity contribution is 5.93.